The lowest BCUT2D eigenvalue weighted by molar-refractivity contribution is -0.139. The first-order valence-corrected chi connectivity index (χ1v) is 10.1. The van der Waals surface area contributed by atoms with Crippen molar-refractivity contribution in [3.8, 4) is 5.75 Å². The summed E-state index contributed by atoms with van der Waals surface area (Å²) in [6.45, 7) is 5.50. The maximum absolute atomic E-state index is 12.4. The fourth-order valence-electron chi connectivity index (χ4n) is 3.41. The first kappa shape index (κ1) is 21.8. The van der Waals surface area contributed by atoms with Crippen molar-refractivity contribution < 1.29 is 19.1 Å². The number of rotatable bonds is 7. The average Bonchev–Trinajstić information content (AvgIpc) is 2.79. The standard InChI is InChI=1S/C23H29N3O4/c1-17-3-5-18(6-4-17)15-24-22(27)23(28)25-16-21(26-11-13-30-14-12-26)19-7-9-20(29-2)10-8-19/h3-10,21H,11-16H2,1-2H3,(H,24,27)(H,25,28)/t21-/m1/s1. The molecule has 2 aromatic rings. The van der Waals surface area contributed by atoms with Crippen molar-refractivity contribution in [3.05, 3.63) is 65.2 Å². The fourth-order valence-corrected chi connectivity index (χ4v) is 3.41. The van der Waals surface area contributed by atoms with Crippen molar-refractivity contribution in [1.29, 1.82) is 0 Å². The maximum atomic E-state index is 12.4. The molecular weight excluding hydrogens is 382 g/mol. The molecule has 0 radical (unpaired) electrons. The normalized spacial score (nSPS) is 15.3. The Morgan fingerprint density at radius 1 is 1.00 bits per heavy atom. The van der Waals surface area contributed by atoms with E-state index in [2.05, 4.69) is 15.5 Å². The molecule has 1 fully saturated rings. The number of methoxy groups -OCH3 is 1. The summed E-state index contributed by atoms with van der Waals surface area (Å²) in [7, 11) is 1.63. The Kier molecular flexibility index (Phi) is 7.82. The van der Waals surface area contributed by atoms with E-state index in [-0.39, 0.29) is 6.04 Å². The quantitative estimate of drug-likeness (QED) is 0.680. The Hall–Kier alpha value is -2.90. The van der Waals surface area contributed by atoms with Gasteiger partial charge in [-0.15, -0.1) is 0 Å². The highest BCUT2D eigenvalue weighted by Gasteiger charge is 2.24. The van der Waals surface area contributed by atoms with Crippen LogP contribution in [0.25, 0.3) is 0 Å². The van der Waals surface area contributed by atoms with Crippen LogP contribution in [0.4, 0.5) is 0 Å². The minimum atomic E-state index is -0.633. The van der Waals surface area contributed by atoms with Crippen LogP contribution in [0.3, 0.4) is 0 Å². The summed E-state index contributed by atoms with van der Waals surface area (Å²) in [6, 6.07) is 15.6. The van der Waals surface area contributed by atoms with Crippen molar-refractivity contribution in [1.82, 2.24) is 15.5 Å². The molecule has 1 aliphatic rings. The summed E-state index contributed by atoms with van der Waals surface area (Å²) < 4.78 is 10.7. The van der Waals surface area contributed by atoms with Crippen LogP contribution in [-0.2, 0) is 20.9 Å². The molecule has 0 bridgehead atoms. The van der Waals surface area contributed by atoms with E-state index in [0.717, 1.165) is 35.5 Å². The van der Waals surface area contributed by atoms with E-state index in [9.17, 15) is 9.59 Å². The van der Waals surface area contributed by atoms with Gasteiger partial charge in [-0.1, -0.05) is 42.0 Å². The first-order chi connectivity index (χ1) is 14.6. The zero-order valence-corrected chi connectivity index (χ0v) is 17.5. The minimum absolute atomic E-state index is 0.0475. The van der Waals surface area contributed by atoms with Gasteiger partial charge in [0.1, 0.15) is 5.75 Å². The van der Waals surface area contributed by atoms with Crippen LogP contribution in [0.5, 0.6) is 5.75 Å². The molecule has 0 saturated carbocycles. The van der Waals surface area contributed by atoms with Crippen LogP contribution < -0.4 is 15.4 Å². The van der Waals surface area contributed by atoms with E-state index in [0.29, 0.717) is 26.3 Å². The molecule has 2 N–H and O–H groups in total. The number of morpholine rings is 1. The van der Waals surface area contributed by atoms with E-state index < -0.39 is 11.8 Å². The molecule has 0 unspecified atom stereocenters. The molecule has 7 nitrogen and oxygen atoms in total. The third kappa shape index (κ3) is 6.05. The van der Waals surface area contributed by atoms with Gasteiger partial charge >= 0.3 is 11.8 Å². The lowest BCUT2D eigenvalue weighted by atomic mass is 10.0. The van der Waals surface area contributed by atoms with E-state index in [4.69, 9.17) is 9.47 Å². The lowest BCUT2D eigenvalue weighted by Crippen LogP contribution is -2.46. The van der Waals surface area contributed by atoms with Crippen molar-refractivity contribution >= 4 is 11.8 Å². The molecule has 1 atom stereocenters. The molecule has 160 valence electrons. The highest BCUT2D eigenvalue weighted by molar-refractivity contribution is 6.35. The van der Waals surface area contributed by atoms with Crippen LogP contribution in [0, 0.1) is 6.92 Å². The number of amides is 2. The Morgan fingerprint density at radius 3 is 2.27 bits per heavy atom. The first-order valence-electron chi connectivity index (χ1n) is 10.1. The Labute approximate surface area is 177 Å². The summed E-state index contributed by atoms with van der Waals surface area (Å²) in [5.41, 5.74) is 3.15. The van der Waals surface area contributed by atoms with Gasteiger partial charge in [0, 0.05) is 26.2 Å². The van der Waals surface area contributed by atoms with E-state index >= 15 is 0 Å². The largest absolute Gasteiger partial charge is 0.497 e. The minimum Gasteiger partial charge on any atom is -0.497 e. The smallest absolute Gasteiger partial charge is 0.309 e. The van der Waals surface area contributed by atoms with Crippen molar-refractivity contribution in [3.63, 3.8) is 0 Å². The van der Waals surface area contributed by atoms with Gasteiger partial charge in [-0.3, -0.25) is 14.5 Å². The monoisotopic (exact) mass is 411 g/mol. The summed E-state index contributed by atoms with van der Waals surface area (Å²) in [5.74, 6) is -0.487. The van der Waals surface area contributed by atoms with Crippen LogP contribution in [0.1, 0.15) is 22.7 Å². The number of ether oxygens (including phenoxy) is 2. The molecule has 1 heterocycles. The van der Waals surface area contributed by atoms with E-state index in [1.165, 1.54) is 0 Å². The SMILES string of the molecule is COc1ccc([C@@H](CNC(=O)C(=O)NCc2ccc(C)cc2)N2CCOCC2)cc1. The van der Waals surface area contributed by atoms with Crippen LogP contribution >= 0.6 is 0 Å². The van der Waals surface area contributed by atoms with Gasteiger partial charge in [0.2, 0.25) is 0 Å². The molecule has 3 rings (SSSR count). The maximum Gasteiger partial charge on any atom is 0.309 e. The number of benzene rings is 2. The molecule has 0 spiro atoms. The molecule has 0 aliphatic carbocycles. The molecule has 1 aliphatic heterocycles. The summed E-state index contributed by atoms with van der Waals surface area (Å²) in [6.07, 6.45) is 0. The molecule has 7 heteroatoms. The lowest BCUT2D eigenvalue weighted by Gasteiger charge is -2.34. The average molecular weight is 412 g/mol. The Bertz CT molecular complexity index is 831. The number of hydrogen-bond donors (Lipinski definition) is 2. The molecule has 0 aromatic heterocycles. The van der Waals surface area contributed by atoms with Gasteiger partial charge in [-0.2, -0.15) is 0 Å². The second-order valence-corrected chi connectivity index (χ2v) is 7.32. The predicted octanol–water partition coefficient (Wildman–Crippen LogP) is 1.81. The van der Waals surface area contributed by atoms with Gasteiger partial charge in [0.25, 0.3) is 0 Å². The number of nitrogens with zero attached hydrogens (tertiary/aromatic N) is 1. The zero-order chi connectivity index (χ0) is 21.3. The number of carbonyl (C=O) groups is 2. The van der Waals surface area contributed by atoms with E-state index in [1.807, 2.05) is 55.5 Å². The van der Waals surface area contributed by atoms with Crippen LogP contribution in [0.15, 0.2) is 48.5 Å². The van der Waals surface area contributed by atoms with Crippen molar-refractivity contribution in [2.45, 2.75) is 19.5 Å². The Morgan fingerprint density at radius 2 is 1.63 bits per heavy atom. The predicted molar refractivity (Wildman–Crippen MR) is 114 cm³/mol. The van der Waals surface area contributed by atoms with Crippen molar-refractivity contribution in [2.75, 3.05) is 40.0 Å². The topological polar surface area (TPSA) is 79.9 Å². The second-order valence-electron chi connectivity index (χ2n) is 7.32. The highest BCUT2D eigenvalue weighted by atomic mass is 16.5. The summed E-state index contributed by atoms with van der Waals surface area (Å²) in [4.78, 5) is 26.8. The van der Waals surface area contributed by atoms with Gasteiger partial charge in [-0.05, 0) is 30.2 Å². The second kappa shape index (κ2) is 10.8. The van der Waals surface area contributed by atoms with Gasteiger partial charge in [0.05, 0.1) is 26.4 Å². The molecule has 2 amide bonds. The highest BCUT2D eigenvalue weighted by Crippen LogP contribution is 2.23. The fraction of sp³-hybridized carbons (Fsp3) is 0.391. The zero-order valence-electron chi connectivity index (χ0n) is 17.5. The Balaban J connectivity index is 1.58. The van der Waals surface area contributed by atoms with Crippen LogP contribution in [0.2, 0.25) is 0 Å². The molecule has 2 aromatic carbocycles. The summed E-state index contributed by atoms with van der Waals surface area (Å²) >= 11 is 0. The third-order valence-electron chi connectivity index (χ3n) is 5.22. The van der Waals surface area contributed by atoms with Gasteiger partial charge in [-0.25, -0.2) is 0 Å². The van der Waals surface area contributed by atoms with Gasteiger partial charge in [0.15, 0.2) is 0 Å². The van der Waals surface area contributed by atoms with Crippen LogP contribution in [-0.4, -0.2) is 56.7 Å². The number of carbonyl (C=O) groups excluding carboxylic acids is 2. The van der Waals surface area contributed by atoms with Gasteiger partial charge < -0.3 is 20.1 Å². The number of nitrogens with one attached hydrogen (secondary N) is 2. The third-order valence-corrected chi connectivity index (χ3v) is 5.22. The molecule has 1 saturated heterocycles. The number of hydrogen-bond acceptors (Lipinski definition) is 5. The molecular formula is C23H29N3O4. The number of aryl methyl sites for hydroxylation is 1. The summed E-state index contributed by atoms with van der Waals surface area (Å²) in [5, 5.41) is 5.46. The molecule has 30 heavy (non-hydrogen) atoms. The van der Waals surface area contributed by atoms with Crippen molar-refractivity contribution in [2.24, 2.45) is 0 Å². The van der Waals surface area contributed by atoms with E-state index in [1.54, 1.807) is 7.11 Å².